The summed E-state index contributed by atoms with van der Waals surface area (Å²) in [7, 11) is -2.37. The smallest absolute Gasteiger partial charge is 0.317 e. The van der Waals surface area contributed by atoms with E-state index in [4.69, 9.17) is 14.0 Å². The Hall–Kier alpha value is -3.36. The Morgan fingerprint density at radius 3 is 2.53 bits per heavy atom. The molecular weight excluding hydrogens is 602 g/mol. The first-order chi connectivity index (χ1) is 21.1. The molecule has 13 nitrogen and oxygen atoms in total. The number of fused-ring (bicyclic) bond motifs is 1. The van der Waals surface area contributed by atoms with Gasteiger partial charge in [-0.1, -0.05) is 12.1 Å². The third-order valence-corrected chi connectivity index (χ3v) is 9.38. The fourth-order valence-electron chi connectivity index (χ4n) is 5.22. The fraction of sp³-hybridized carbons (Fsp3) is 0.645. The van der Waals surface area contributed by atoms with E-state index in [0.29, 0.717) is 25.3 Å². The van der Waals surface area contributed by atoms with Gasteiger partial charge in [-0.15, -0.1) is 0 Å². The maximum absolute atomic E-state index is 14.3. The number of nitrogens with one attached hydrogen (secondary N) is 2. The average molecular weight is 652 g/mol. The maximum atomic E-state index is 14.3. The van der Waals surface area contributed by atoms with Crippen molar-refractivity contribution in [3.8, 4) is 5.75 Å². The Kier molecular flexibility index (Phi) is 12.7. The largest absolute Gasteiger partial charge is 0.490 e. The van der Waals surface area contributed by atoms with Crippen molar-refractivity contribution >= 4 is 27.6 Å². The number of aromatic nitrogens is 1. The molecule has 1 aliphatic rings. The second-order valence-corrected chi connectivity index (χ2v) is 13.9. The number of carbonyl (C=O) groups excluding carboxylic acids is 2. The molecule has 0 aliphatic carbocycles. The van der Waals surface area contributed by atoms with E-state index < -0.39 is 28.1 Å². The first-order valence-electron chi connectivity index (χ1n) is 15.5. The van der Waals surface area contributed by atoms with Crippen molar-refractivity contribution < 1.29 is 37.1 Å². The molecule has 4 atom stereocenters. The third-order valence-electron chi connectivity index (χ3n) is 7.75. The van der Waals surface area contributed by atoms with E-state index in [1.165, 1.54) is 19.9 Å². The number of urea groups is 1. The molecule has 0 spiro atoms. The second kappa shape index (κ2) is 15.8. The molecule has 45 heavy (non-hydrogen) atoms. The van der Waals surface area contributed by atoms with Crippen molar-refractivity contribution in [1.82, 2.24) is 20.3 Å². The lowest BCUT2D eigenvalue weighted by Crippen LogP contribution is -2.49. The number of anilines is 1. The topological polar surface area (TPSA) is 164 Å². The molecule has 0 fully saturated rings. The van der Waals surface area contributed by atoms with Crippen LogP contribution in [0, 0.1) is 19.8 Å². The Labute approximate surface area is 266 Å². The zero-order valence-electron chi connectivity index (χ0n) is 27.6. The lowest BCUT2D eigenvalue weighted by molar-refractivity contribution is -0.0122. The molecule has 14 heteroatoms. The van der Waals surface area contributed by atoms with Crippen LogP contribution in [0.3, 0.4) is 0 Å². The predicted molar refractivity (Wildman–Crippen MR) is 170 cm³/mol. The maximum Gasteiger partial charge on any atom is 0.317 e. The lowest BCUT2D eigenvalue weighted by Gasteiger charge is -2.36. The fourth-order valence-corrected chi connectivity index (χ4v) is 6.60. The van der Waals surface area contributed by atoms with Crippen LogP contribution in [0.15, 0.2) is 27.6 Å². The Morgan fingerprint density at radius 2 is 1.91 bits per heavy atom. The first kappa shape index (κ1) is 36.1. The molecular formula is C31H49N5O8S. The van der Waals surface area contributed by atoms with Gasteiger partial charge in [0.2, 0.25) is 0 Å². The lowest BCUT2D eigenvalue weighted by atomic mass is 10.0. The van der Waals surface area contributed by atoms with E-state index in [1.807, 2.05) is 27.7 Å². The van der Waals surface area contributed by atoms with Crippen molar-refractivity contribution in [3.05, 3.63) is 35.2 Å². The van der Waals surface area contributed by atoms with Crippen LogP contribution >= 0.6 is 0 Å². The van der Waals surface area contributed by atoms with Crippen LogP contribution in [-0.2, 0) is 14.8 Å². The van der Waals surface area contributed by atoms with Crippen LogP contribution in [-0.4, -0.2) is 98.1 Å². The number of carbonyl (C=O) groups is 2. The number of ether oxygens (including phenoxy) is 2. The minimum absolute atomic E-state index is 0.0242. The van der Waals surface area contributed by atoms with Crippen molar-refractivity contribution in [3.63, 3.8) is 0 Å². The SMILES string of the molecule is Cc1noc(C)c1S(=O)(=O)Nc1ccc2c(c1)C(=O)N([C@@H](C)CO)C[C@H](C)[C@H](CN(C)C(=O)NC(C)C)OCCCC[C@H](C)O2. The summed E-state index contributed by atoms with van der Waals surface area (Å²) >= 11 is 0. The van der Waals surface area contributed by atoms with Gasteiger partial charge in [0.1, 0.15) is 11.4 Å². The number of likely N-dealkylation sites (N-methyl/N-ethyl adjacent to an activating group) is 1. The summed E-state index contributed by atoms with van der Waals surface area (Å²) in [5, 5.41) is 16.8. The Balaban J connectivity index is 2.00. The summed E-state index contributed by atoms with van der Waals surface area (Å²) in [6.07, 6.45) is 1.67. The molecule has 2 aromatic rings. The van der Waals surface area contributed by atoms with Crippen LogP contribution in [0.2, 0.25) is 0 Å². The third kappa shape index (κ3) is 9.57. The summed E-state index contributed by atoms with van der Waals surface area (Å²) in [5.74, 6) is -0.214. The molecule has 0 unspecified atom stereocenters. The normalized spacial score (nSPS) is 21.0. The summed E-state index contributed by atoms with van der Waals surface area (Å²) in [5.41, 5.74) is 0.520. The van der Waals surface area contributed by atoms with Gasteiger partial charge in [0.15, 0.2) is 10.7 Å². The number of amides is 3. The highest BCUT2D eigenvalue weighted by Gasteiger charge is 2.32. The van der Waals surface area contributed by atoms with Gasteiger partial charge in [0.05, 0.1) is 30.4 Å². The molecule has 252 valence electrons. The molecule has 0 bridgehead atoms. The zero-order chi connectivity index (χ0) is 33.5. The molecule has 0 saturated carbocycles. The number of aryl methyl sites for hydroxylation is 2. The number of hydrogen-bond acceptors (Lipinski definition) is 9. The molecule has 1 aromatic heterocycles. The van der Waals surface area contributed by atoms with E-state index in [2.05, 4.69) is 15.2 Å². The zero-order valence-corrected chi connectivity index (χ0v) is 28.4. The minimum atomic E-state index is -4.08. The highest BCUT2D eigenvalue weighted by molar-refractivity contribution is 7.92. The molecule has 1 aliphatic heterocycles. The number of nitrogens with zero attached hydrogens (tertiary/aromatic N) is 3. The van der Waals surface area contributed by atoms with Crippen LogP contribution in [0.4, 0.5) is 10.5 Å². The van der Waals surface area contributed by atoms with E-state index >= 15 is 0 Å². The molecule has 3 N–H and O–H groups in total. The van der Waals surface area contributed by atoms with E-state index in [-0.39, 0.29) is 64.8 Å². The number of benzene rings is 1. The standard InChI is InChI=1S/C31H49N5O8S/c1-19(2)32-31(39)35(8)17-28-20(3)16-36(21(4)18-37)30(38)26-15-25(34-45(40,41)29-23(6)33-44-24(29)7)12-13-27(26)43-22(5)11-9-10-14-42-28/h12-13,15,19-22,28,34,37H,9-11,14,16-18H2,1-8H3,(H,32,39)/t20-,21-,22-,28-/m0/s1. The second-order valence-electron chi connectivity index (χ2n) is 12.3. The van der Waals surface area contributed by atoms with Gasteiger partial charge in [-0.3, -0.25) is 9.52 Å². The quantitative estimate of drug-likeness (QED) is 0.384. The van der Waals surface area contributed by atoms with Crippen molar-refractivity contribution in [1.29, 1.82) is 0 Å². The van der Waals surface area contributed by atoms with Gasteiger partial charge in [-0.2, -0.15) is 0 Å². The van der Waals surface area contributed by atoms with E-state index in [0.717, 1.165) is 12.8 Å². The minimum Gasteiger partial charge on any atom is -0.490 e. The van der Waals surface area contributed by atoms with Crippen molar-refractivity contribution in [2.75, 3.05) is 38.1 Å². The summed E-state index contributed by atoms with van der Waals surface area (Å²) < 4.78 is 46.6. The number of rotatable bonds is 8. The van der Waals surface area contributed by atoms with E-state index in [1.54, 1.807) is 35.9 Å². The summed E-state index contributed by atoms with van der Waals surface area (Å²) in [6.45, 7) is 13.1. The van der Waals surface area contributed by atoms with Crippen LogP contribution in [0.25, 0.3) is 0 Å². The molecule has 0 saturated heterocycles. The predicted octanol–water partition coefficient (Wildman–Crippen LogP) is 3.94. The molecule has 2 heterocycles. The van der Waals surface area contributed by atoms with Gasteiger partial charge in [-0.05, 0) is 79.0 Å². The van der Waals surface area contributed by atoms with Crippen molar-refractivity contribution in [2.45, 2.75) is 96.9 Å². The number of hydrogen-bond donors (Lipinski definition) is 3. The molecule has 0 radical (unpaired) electrons. The van der Waals surface area contributed by atoms with Gasteiger partial charge >= 0.3 is 6.03 Å². The Morgan fingerprint density at radius 1 is 1.20 bits per heavy atom. The monoisotopic (exact) mass is 651 g/mol. The van der Waals surface area contributed by atoms with Crippen molar-refractivity contribution in [2.24, 2.45) is 5.92 Å². The van der Waals surface area contributed by atoms with Crippen LogP contribution in [0.1, 0.15) is 75.7 Å². The van der Waals surface area contributed by atoms with Crippen LogP contribution < -0.4 is 14.8 Å². The van der Waals surface area contributed by atoms with E-state index in [9.17, 15) is 23.1 Å². The van der Waals surface area contributed by atoms with Crippen LogP contribution in [0.5, 0.6) is 5.75 Å². The van der Waals surface area contributed by atoms with Gasteiger partial charge < -0.3 is 34.2 Å². The first-order valence-corrected chi connectivity index (χ1v) is 16.9. The number of aliphatic hydroxyl groups is 1. The van der Waals surface area contributed by atoms with Gasteiger partial charge in [-0.25, -0.2) is 13.2 Å². The van der Waals surface area contributed by atoms with Gasteiger partial charge in [0.25, 0.3) is 15.9 Å². The molecule has 1 aromatic carbocycles. The molecule has 3 rings (SSSR count). The highest BCUT2D eigenvalue weighted by atomic mass is 32.2. The number of aliphatic hydroxyl groups excluding tert-OH is 1. The van der Waals surface area contributed by atoms with Gasteiger partial charge in [0, 0.05) is 44.4 Å². The highest BCUT2D eigenvalue weighted by Crippen LogP contribution is 2.30. The number of sulfonamides is 1. The Bertz CT molecular complexity index is 1390. The summed E-state index contributed by atoms with van der Waals surface area (Å²) in [6, 6.07) is 3.75. The summed E-state index contributed by atoms with van der Waals surface area (Å²) in [4.78, 5) is 30.0. The molecule has 3 amide bonds. The average Bonchev–Trinajstić information content (AvgIpc) is 3.32.